The number of thiophene rings is 1. The summed E-state index contributed by atoms with van der Waals surface area (Å²) >= 11 is 8.99. The van der Waals surface area contributed by atoms with Crippen LogP contribution < -0.4 is 0 Å². The maximum atomic E-state index is 5.66. The first-order chi connectivity index (χ1) is 7.18. The Bertz CT molecular complexity index is 315. The molecule has 2 heterocycles. The zero-order valence-electron chi connectivity index (χ0n) is 8.33. The van der Waals surface area contributed by atoms with Gasteiger partial charge in [-0.2, -0.15) is 0 Å². The summed E-state index contributed by atoms with van der Waals surface area (Å²) in [4.78, 5) is 2.81. The van der Waals surface area contributed by atoms with E-state index in [0.29, 0.717) is 19.8 Å². The molecule has 1 saturated heterocycles. The third-order valence-corrected chi connectivity index (χ3v) is 5.92. The van der Waals surface area contributed by atoms with Crippen molar-refractivity contribution >= 4 is 43.2 Å². The summed E-state index contributed by atoms with van der Waals surface area (Å²) in [5, 5.41) is 0. The van der Waals surface area contributed by atoms with E-state index in [1.807, 2.05) is 0 Å². The van der Waals surface area contributed by atoms with E-state index in [4.69, 9.17) is 9.47 Å². The highest BCUT2D eigenvalue weighted by Crippen LogP contribution is 2.37. The Morgan fingerprint density at radius 1 is 1.53 bits per heavy atom. The monoisotopic (exact) mass is 354 g/mol. The highest BCUT2D eigenvalue weighted by molar-refractivity contribution is 9.10. The minimum absolute atomic E-state index is 0.128. The van der Waals surface area contributed by atoms with E-state index in [1.165, 1.54) is 14.2 Å². The topological polar surface area (TPSA) is 18.5 Å². The van der Waals surface area contributed by atoms with Crippen molar-refractivity contribution < 1.29 is 9.47 Å². The van der Waals surface area contributed by atoms with Crippen molar-refractivity contribution in [2.24, 2.45) is 0 Å². The van der Waals surface area contributed by atoms with Gasteiger partial charge in [-0.25, -0.2) is 0 Å². The second-order valence-corrected chi connectivity index (χ2v) is 6.57. The van der Waals surface area contributed by atoms with Crippen molar-refractivity contribution in [1.29, 1.82) is 0 Å². The molecule has 0 N–H and O–H groups in total. The van der Waals surface area contributed by atoms with Crippen LogP contribution in [0.1, 0.15) is 14.6 Å². The van der Waals surface area contributed by atoms with Crippen LogP contribution >= 0.6 is 43.2 Å². The van der Waals surface area contributed by atoms with Crippen LogP contribution in [0, 0.1) is 6.92 Å². The molecule has 2 nitrogen and oxygen atoms in total. The molecule has 5 heteroatoms. The first-order valence-electron chi connectivity index (χ1n) is 4.77. The summed E-state index contributed by atoms with van der Waals surface area (Å²) < 4.78 is 12.2. The predicted octanol–water partition coefficient (Wildman–Crippen LogP) is 3.67. The number of hydrogen-bond donors (Lipinski definition) is 0. The third kappa shape index (κ3) is 2.82. The average molecular weight is 356 g/mol. The molecule has 1 fully saturated rings. The second kappa shape index (κ2) is 5.27. The summed E-state index contributed by atoms with van der Waals surface area (Å²) in [6, 6.07) is 2.15. The van der Waals surface area contributed by atoms with Gasteiger partial charge in [0.1, 0.15) is 0 Å². The lowest BCUT2D eigenvalue weighted by Gasteiger charge is -2.26. The van der Waals surface area contributed by atoms with E-state index in [9.17, 15) is 0 Å². The molecule has 2 atom stereocenters. The number of rotatable bonds is 2. The fourth-order valence-corrected chi connectivity index (χ4v) is 3.79. The van der Waals surface area contributed by atoms with E-state index in [1.54, 1.807) is 11.3 Å². The normalized spacial score (nSPS) is 24.1. The summed E-state index contributed by atoms with van der Waals surface area (Å²) in [6.45, 7) is 4.18. The minimum atomic E-state index is 0.128. The molecule has 0 aromatic carbocycles. The predicted molar refractivity (Wildman–Crippen MR) is 69.0 cm³/mol. The highest BCUT2D eigenvalue weighted by atomic mass is 79.9. The summed E-state index contributed by atoms with van der Waals surface area (Å²) in [5.41, 5.74) is 0. The summed E-state index contributed by atoms with van der Waals surface area (Å²) in [5.74, 6) is 0. The molecule has 2 unspecified atom stereocenters. The van der Waals surface area contributed by atoms with Gasteiger partial charge in [-0.15, -0.1) is 11.3 Å². The van der Waals surface area contributed by atoms with Gasteiger partial charge < -0.3 is 9.47 Å². The lowest BCUT2D eigenvalue weighted by atomic mass is 10.2. The Labute approximate surface area is 110 Å². The highest BCUT2D eigenvalue weighted by Gasteiger charge is 2.25. The molecule has 0 saturated carbocycles. The Morgan fingerprint density at radius 2 is 2.33 bits per heavy atom. The van der Waals surface area contributed by atoms with Crippen molar-refractivity contribution in [3.05, 3.63) is 20.3 Å². The number of alkyl halides is 1. The SMILES string of the molecule is Cc1sc(C(Br)C2COCCO2)cc1Br. The maximum absolute atomic E-state index is 5.66. The van der Waals surface area contributed by atoms with E-state index in [2.05, 4.69) is 44.8 Å². The fraction of sp³-hybridized carbons (Fsp3) is 0.600. The van der Waals surface area contributed by atoms with Crippen LogP contribution in [0.5, 0.6) is 0 Å². The maximum Gasteiger partial charge on any atom is 0.0983 e. The number of halogens is 2. The molecule has 0 amide bonds. The van der Waals surface area contributed by atoms with Crippen molar-refractivity contribution in [3.63, 3.8) is 0 Å². The fourth-order valence-electron chi connectivity index (χ4n) is 1.48. The number of aryl methyl sites for hydroxylation is 1. The molecule has 1 aromatic heterocycles. The lowest BCUT2D eigenvalue weighted by molar-refractivity contribution is -0.0873. The van der Waals surface area contributed by atoms with Gasteiger partial charge in [-0.05, 0) is 28.9 Å². The second-order valence-electron chi connectivity index (χ2n) is 3.44. The van der Waals surface area contributed by atoms with Crippen LogP contribution in [0.15, 0.2) is 10.5 Å². The van der Waals surface area contributed by atoms with Crippen molar-refractivity contribution in [2.75, 3.05) is 19.8 Å². The zero-order chi connectivity index (χ0) is 10.8. The average Bonchev–Trinajstić information content (AvgIpc) is 2.59. The molecule has 2 rings (SSSR count). The van der Waals surface area contributed by atoms with Gasteiger partial charge in [0.15, 0.2) is 0 Å². The molecule has 0 aliphatic carbocycles. The zero-order valence-corrected chi connectivity index (χ0v) is 12.3. The lowest BCUT2D eigenvalue weighted by Crippen LogP contribution is -2.31. The van der Waals surface area contributed by atoms with Crippen LogP contribution in [0.4, 0.5) is 0 Å². The first-order valence-corrected chi connectivity index (χ1v) is 7.30. The standard InChI is InChI=1S/C10H12Br2O2S/c1-6-7(11)4-9(15-6)10(12)8-5-13-2-3-14-8/h4,8,10H,2-3,5H2,1H3. The minimum Gasteiger partial charge on any atom is -0.376 e. The quantitative estimate of drug-likeness (QED) is 0.753. The van der Waals surface area contributed by atoms with E-state index < -0.39 is 0 Å². The smallest absolute Gasteiger partial charge is 0.0983 e. The van der Waals surface area contributed by atoms with Crippen LogP contribution in [0.25, 0.3) is 0 Å². The van der Waals surface area contributed by atoms with Gasteiger partial charge in [0.2, 0.25) is 0 Å². The van der Waals surface area contributed by atoms with Gasteiger partial charge in [-0.3, -0.25) is 0 Å². The third-order valence-electron chi connectivity index (χ3n) is 2.32. The van der Waals surface area contributed by atoms with E-state index >= 15 is 0 Å². The Kier molecular flexibility index (Phi) is 4.24. The van der Waals surface area contributed by atoms with E-state index in [0.717, 1.165) is 0 Å². The van der Waals surface area contributed by atoms with Gasteiger partial charge >= 0.3 is 0 Å². The molecule has 1 aliphatic heterocycles. The largest absolute Gasteiger partial charge is 0.376 e. The van der Waals surface area contributed by atoms with Crippen molar-refractivity contribution in [3.8, 4) is 0 Å². The Balaban J connectivity index is 2.08. The van der Waals surface area contributed by atoms with Crippen LogP contribution in [0.3, 0.4) is 0 Å². The molecular weight excluding hydrogens is 344 g/mol. The molecular formula is C10H12Br2O2S. The molecule has 1 aromatic rings. The van der Waals surface area contributed by atoms with E-state index in [-0.39, 0.29) is 10.9 Å². The summed E-state index contributed by atoms with van der Waals surface area (Å²) in [6.07, 6.45) is 0.128. The Hall–Kier alpha value is 0.580. The molecule has 0 bridgehead atoms. The molecule has 0 radical (unpaired) electrons. The van der Waals surface area contributed by atoms with Crippen LogP contribution in [-0.2, 0) is 9.47 Å². The van der Waals surface area contributed by atoms with Gasteiger partial charge in [0.25, 0.3) is 0 Å². The van der Waals surface area contributed by atoms with Crippen molar-refractivity contribution in [2.45, 2.75) is 17.9 Å². The molecule has 1 aliphatic rings. The number of hydrogen-bond acceptors (Lipinski definition) is 3. The van der Waals surface area contributed by atoms with Crippen LogP contribution in [-0.4, -0.2) is 25.9 Å². The molecule has 0 spiro atoms. The first kappa shape index (κ1) is 12.0. The summed E-state index contributed by atoms with van der Waals surface area (Å²) in [7, 11) is 0. The van der Waals surface area contributed by atoms with Crippen LogP contribution in [0.2, 0.25) is 0 Å². The van der Waals surface area contributed by atoms with Gasteiger partial charge in [0.05, 0.1) is 30.8 Å². The van der Waals surface area contributed by atoms with Crippen molar-refractivity contribution in [1.82, 2.24) is 0 Å². The Morgan fingerprint density at radius 3 is 2.87 bits per heavy atom. The van der Waals surface area contributed by atoms with Gasteiger partial charge in [-0.1, -0.05) is 15.9 Å². The molecule has 15 heavy (non-hydrogen) atoms. The number of ether oxygens (including phenoxy) is 2. The van der Waals surface area contributed by atoms with Gasteiger partial charge in [0, 0.05) is 14.2 Å². The molecule has 84 valence electrons.